The van der Waals surface area contributed by atoms with Crippen LogP contribution in [0, 0.1) is 11.7 Å². The summed E-state index contributed by atoms with van der Waals surface area (Å²) >= 11 is 5.61. The Morgan fingerprint density at radius 3 is 2.81 bits per heavy atom. The second-order valence-corrected chi connectivity index (χ2v) is 4.19. The van der Waals surface area contributed by atoms with Gasteiger partial charge in [0, 0.05) is 25.4 Å². The molecule has 0 aromatic heterocycles. The molecule has 0 fully saturated rings. The number of rotatable bonds is 4. The second kappa shape index (κ2) is 5.85. The first-order valence-electron chi connectivity index (χ1n) is 5.10. The number of hydrogen-bond acceptors (Lipinski definition) is 1. The molecule has 1 rings (SSSR count). The summed E-state index contributed by atoms with van der Waals surface area (Å²) in [7, 11) is 1.69. The van der Waals surface area contributed by atoms with Crippen molar-refractivity contribution in [1.29, 1.82) is 0 Å². The van der Waals surface area contributed by atoms with Crippen molar-refractivity contribution < 1.29 is 9.18 Å². The molecule has 1 amide bonds. The van der Waals surface area contributed by atoms with Gasteiger partial charge in [-0.3, -0.25) is 4.79 Å². The first-order valence-corrected chi connectivity index (χ1v) is 5.63. The number of hydrogen-bond donors (Lipinski definition) is 0. The van der Waals surface area contributed by atoms with Gasteiger partial charge >= 0.3 is 0 Å². The second-order valence-electron chi connectivity index (χ2n) is 3.88. The van der Waals surface area contributed by atoms with E-state index >= 15 is 0 Å². The Bertz CT molecular complexity index is 370. The summed E-state index contributed by atoms with van der Waals surface area (Å²) in [4.78, 5) is 13.3. The van der Waals surface area contributed by atoms with Crippen LogP contribution in [0.5, 0.6) is 0 Å². The largest absolute Gasteiger partial charge is 0.341 e. The Kier molecular flexibility index (Phi) is 4.74. The van der Waals surface area contributed by atoms with Gasteiger partial charge in [0.25, 0.3) is 0 Å². The minimum Gasteiger partial charge on any atom is -0.341 e. The van der Waals surface area contributed by atoms with Gasteiger partial charge in [-0.1, -0.05) is 19.1 Å². The molecular weight excluding hydrogens is 229 g/mol. The lowest BCUT2D eigenvalue weighted by molar-refractivity contribution is -0.133. The molecule has 4 heteroatoms. The highest BCUT2D eigenvalue weighted by Gasteiger charge is 2.16. The predicted molar refractivity (Wildman–Crippen MR) is 62.8 cm³/mol. The Labute approximate surface area is 100 Å². The molecule has 1 unspecified atom stereocenters. The van der Waals surface area contributed by atoms with Crippen molar-refractivity contribution in [3.63, 3.8) is 0 Å². The van der Waals surface area contributed by atoms with Crippen molar-refractivity contribution in [3.8, 4) is 0 Å². The molecule has 0 saturated carbocycles. The first kappa shape index (κ1) is 13.0. The molecule has 0 spiro atoms. The number of benzene rings is 1. The number of alkyl halides is 1. The SMILES string of the molecule is CC(CCl)C(=O)N(C)Cc1cccc(F)c1. The fraction of sp³-hybridized carbons (Fsp3) is 0.417. The molecular formula is C12H15ClFNO. The van der Waals surface area contributed by atoms with E-state index in [1.54, 1.807) is 31.0 Å². The lowest BCUT2D eigenvalue weighted by Crippen LogP contribution is -2.31. The highest BCUT2D eigenvalue weighted by atomic mass is 35.5. The Morgan fingerprint density at radius 1 is 1.56 bits per heavy atom. The minimum absolute atomic E-state index is 0.0285. The summed E-state index contributed by atoms with van der Waals surface area (Å²) in [5, 5.41) is 0. The molecule has 0 aliphatic carbocycles. The summed E-state index contributed by atoms with van der Waals surface area (Å²) in [5.74, 6) is -0.227. The van der Waals surface area contributed by atoms with Gasteiger partial charge in [0.2, 0.25) is 5.91 Å². The highest BCUT2D eigenvalue weighted by molar-refractivity contribution is 6.19. The van der Waals surface area contributed by atoms with Crippen molar-refractivity contribution in [2.24, 2.45) is 5.92 Å². The van der Waals surface area contributed by atoms with Gasteiger partial charge in [0.15, 0.2) is 0 Å². The Morgan fingerprint density at radius 2 is 2.25 bits per heavy atom. The van der Waals surface area contributed by atoms with Gasteiger partial charge in [-0.2, -0.15) is 0 Å². The third-order valence-electron chi connectivity index (χ3n) is 2.34. The molecule has 1 atom stereocenters. The third-order valence-corrected chi connectivity index (χ3v) is 2.80. The lowest BCUT2D eigenvalue weighted by Gasteiger charge is -2.20. The minimum atomic E-state index is -0.288. The zero-order valence-electron chi connectivity index (χ0n) is 9.41. The monoisotopic (exact) mass is 243 g/mol. The lowest BCUT2D eigenvalue weighted by atomic mass is 10.1. The summed E-state index contributed by atoms with van der Waals surface area (Å²) in [5.41, 5.74) is 0.776. The van der Waals surface area contributed by atoms with Gasteiger partial charge in [-0.25, -0.2) is 4.39 Å². The smallest absolute Gasteiger partial charge is 0.226 e. The highest BCUT2D eigenvalue weighted by Crippen LogP contribution is 2.09. The van der Waals surface area contributed by atoms with Crippen LogP contribution in [0.15, 0.2) is 24.3 Å². The van der Waals surface area contributed by atoms with E-state index in [0.29, 0.717) is 12.4 Å². The quantitative estimate of drug-likeness (QED) is 0.745. The molecule has 88 valence electrons. The number of carbonyl (C=O) groups excluding carboxylic acids is 1. The normalized spacial score (nSPS) is 12.2. The number of nitrogens with zero attached hydrogens (tertiary/aromatic N) is 1. The van der Waals surface area contributed by atoms with Gasteiger partial charge in [-0.05, 0) is 17.7 Å². The van der Waals surface area contributed by atoms with Crippen molar-refractivity contribution >= 4 is 17.5 Å². The van der Waals surface area contributed by atoms with E-state index in [4.69, 9.17) is 11.6 Å². The van der Waals surface area contributed by atoms with Crippen LogP contribution < -0.4 is 0 Å². The average Bonchev–Trinajstić information content (AvgIpc) is 2.27. The topological polar surface area (TPSA) is 20.3 Å². The van der Waals surface area contributed by atoms with Crippen LogP contribution in [0.1, 0.15) is 12.5 Å². The molecule has 0 radical (unpaired) electrons. The van der Waals surface area contributed by atoms with Gasteiger partial charge < -0.3 is 4.90 Å². The van der Waals surface area contributed by atoms with Crippen LogP contribution in [0.3, 0.4) is 0 Å². The fourth-order valence-corrected chi connectivity index (χ4v) is 1.56. The van der Waals surface area contributed by atoms with Gasteiger partial charge in [-0.15, -0.1) is 11.6 Å². The number of carbonyl (C=O) groups is 1. The van der Waals surface area contributed by atoms with E-state index in [1.807, 2.05) is 0 Å². The molecule has 1 aromatic carbocycles. The molecule has 0 heterocycles. The standard InChI is InChI=1S/C12H15ClFNO/c1-9(7-13)12(16)15(2)8-10-4-3-5-11(14)6-10/h3-6,9H,7-8H2,1-2H3. The van der Waals surface area contributed by atoms with Crippen molar-refractivity contribution in [2.75, 3.05) is 12.9 Å². The third kappa shape index (κ3) is 3.49. The van der Waals surface area contributed by atoms with Gasteiger partial charge in [0.05, 0.1) is 0 Å². The van der Waals surface area contributed by atoms with E-state index in [-0.39, 0.29) is 17.6 Å². The molecule has 0 saturated heterocycles. The van der Waals surface area contributed by atoms with E-state index in [2.05, 4.69) is 0 Å². The van der Waals surface area contributed by atoms with E-state index in [0.717, 1.165) is 5.56 Å². The predicted octanol–water partition coefficient (Wildman–Crippen LogP) is 2.66. The van der Waals surface area contributed by atoms with E-state index in [1.165, 1.54) is 12.1 Å². The van der Waals surface area contributed by atoms with Crippen LogP contribution >= 0.6 is 11.6 Å². The Balaban J connectivity index is 2.64. The summed E-state index contributed by atoms with van der Waals surface area (Å²) in [6.07, 6.45) is 0. The molecule has 2 nitrogen and oxygen atoms in total. The summed E-state index contributed by atoms with van der Waals surface area (Å²) in [6, 6.07) is 6.23. The Hall–Kier alpha value is -1.09. The number of amides is 1. The van der Waals surface area contributed by atoms with Crippen molar-refractivity contribution in [2.45, 2.75) is 13.5 Å². The molecule has 1 aromatic rings. The molecule has 0 bridgehead atoms. The maximum atomic E-state index is 12.9. The van der Waals surface area contributed by atoms with Crippen LogP contribution in [0.4, 0.5) is 4.39 Å². The summed E-state index contributed by atoms with van der Waals surface area (Å²) < 4.78 is 12.9. The maximum Gasteiger partial charge on any atom is 0.226 e. The van der Waals surface area contributed by atoms with Crippen LogP contribution in [0.2, 0.25) is 0 Å². The zero-order valence-corrected chi connectivity index (χ0v) is 10.2. The maximum absolute atomic E-state index is 12.9. The fourth-order valence-electron chi connectivity index (χ4n) is 1.43. The van der Waals surface area contributed by atoms with Crippen LogP contribution in [0.25, 0.3) is 0 Å². The molecule has 16 heavy (non-hydrogen) atoms. The molecule has 0 aliphatic rings. The van der Waals surface area contributed by atoms with Crippen LogP contribution in [-0.4, -0.2) is 23.7 Å². The van der Waals surface area contributed by atoms with Crippen LogP contribution in [-0.2, 0) is 11.3 Å². The molecule has 0 N–H and O–H groups in total. The van der Waals surface area contributed by atoms with E-state index < -0.39 is 0 Å². The zero-order chi connectivity index (χ0) is 12.1. The van der Waals surface area contributed by atoms with Gasteiger partial charge in [0.1, 0.15) is 5.82 Å². The summed E-state index contributed by atoms with van der Waals surface area (Å²) in [6.45, 7) is 2.18. The van der Waals surface area contributed by atoms with Crippen molar-refractivity contribution in [3.05, 3.63) is 35.6 Å². The first-order chi connectivity index (χ1) is 7.54. The van der Waals surface area contributed by atoms with Crippen molar-refractivity contribution in [1.82, 2.24) is 4.90 Å². The molecule has 0 aliphatic heterocycles. The average molecular weight is 244 g/mol. The number of halogens is 2. The van der Waals surface area contributed by atoms with E-state index in [9.17, 15) is 9.18 Å².